The quantitative estimate of drug-likeness (QED) is 0.0715. The molecule has 3 fully saturated rings. The number of hydrogen-bond donors (Lipinski definition) is 1. The van der Waals surface area contributed by atoms with Crippen LogP contribution in [-0.4, -0.2) is 115 Å². The normalized spacial score (nSPS) is 19.5. The minimum atomic E-state index is -0.409. The molecular formula is C58H51Cl6N17O10. The van der Waals surface area contributed by atoms with E-state index in [4.69, 9.17) is 97.4 Å². The molecule has 6 atom stereocenters. The molecule has 8 aromatic heterocycles. The topological polar surface area (TPSA) is 316 Å². The number of ether oxygens (including phenoxy) is 3. The Morgan fingerprint density at radius 2 is 0.967 bits per heavy atom. The molecule has 91 heavy (non-hydrogen) atoms. The van der Waals surface area contributed by atoms with Crippen molar-refractivity contribution in [3.8, 4) is 0 Å². The van der Waals surface area contributed by atoms with E-state index in [0.29, 0.717) is 93.4 Å². The van der Waals surface area contributed by atoms with E-state index in [9.17, 15) is 19.2 Å². The van der Waals surface area contributed by atoms with Gasteiger partial charge in [-0.3, -0.25) is 33.6 Å². The van der Waals surface area contributed by atoms with Gasteiger partial charge in [-0.15, -0.1) is 11.6 Å². The van der Waals surface area contributed by atoms with Crippen molar-refractivity contribution in [2.45, 2.75) is 80.7 Å². The van der Waals surface area contributed by atoms with Crippen LogP contribution in [0.15, 0.2) is 115 Å². The highest BCUT2D eigenvalue weighted by molar-refractivity contribution is 6.31. The van der Waals surface area contributed by atoms with Crippen LogP contribution >= 0.6 is 69.6 Å². The Bertz CT molecular complexity index is 4550. The summed E-state index contributed by atoms with van der Waals surface area (Å²) in [6.07, 6.45) is 6.84. The molecule has 4 aliphatic rings. The molecule has 470 valence electrons. The lowest BCUT2D eigenvalue weighted by Gasteiger charge is -2.23. The summed E-state index contributed by atoms with van der Waals surface area (Å²) >= 11 is 35.1. The highest BCUT2D eigenvalue weighted by Gasteiger charge is 2.38. The number of amides is 2. The van der Waals surface area contributed by atoms with Gasteiger partial charge in [0.05, 0.1) is 69.2 Å². The zero-order chi connectivity index (χ0) is 63.6. The lowest BCUT2D eigenvalue weighted by atomic mass is 10.0. The Morgan fingerprint density at radius 3 is 1.45 bits per heavy atom. The van der Waals surface area contributed by atoms with Crippen molar-refractivity contribution in [3.05, 3.63) is 201 Å². The van der Waals surface area contributed by atoms with Crippen molar-refractivity contribution in [2.75, 3.05) is 19.8 Å². The van der Waals surface area contributed by atoms with Crippen LogP contribution in [0.2, 0.25) is 25.6 Å². The van der Waals surface area contributed by atoms with Gasteiger partial charge in [0.25, 0.3) is 17.0 Å². The molecule has 12 heterocycles. The number of fused-ring (bicyclic) bond motifs is 3. The Balaban J connectivity index is 0.000000123. The Hall–Kier alpha value is -8.25. The zero-order valence-electron chi connectivity index (χ0n) is 48.2. The summed E-state index contributed by atoms with van der Waals surface area (Å²) in [5.74, 6) is 2.28. The summed E-state index contributed by atoms with van der Waals surface area (Å²) in [5.41, 5.74) is 4.97. The number of carbonyl (C=O) groups is 2. The smallest absolute Gasteiger partial charge is 0.281 e. The van der Waals surface area contributed by atoms with Crippen LogP contribution in [0.4, 0.5) is 0 Å². The highest BCUT2D eigenvalue weighted by Crippen LogP contribution is 2.40. The second-order valence-corrected chi connectivity index (χ2v) is 23.8. The largest absolute Gasteiger partial charge is 0.373 e. The van der Waals surface area contributed by atoms with E-state index in [2.05, 4.69) is 60.3 Å². The van der Waals surface area contributed by atoms with E-state index in [0.717, 1.165) is 39.5 Å². The summed E-state index contributed by atoms with van der Waals surface area (Å²) in [5, 5.41) is 14.2. The molecule has 0 bridgehead atoms. The number of carbonyl (C=O) groups excluding carboxylic acids is 2. The van der Waals surface area contributed by atoms with Gasteiger partial charge in [-0.05, 0) is 95.6 Å². The van der Waals surface area contributed by atoms with E-state index < -0.39 is 5.91 Å². The fourth-order valence-corrected chi connectivity index (χ4v) is 11.6. The summed E-state index contributed by atoms with van der Waals surface area (Å²) in [6.45, 7) is 1.49. The van der Waals surface area contributed by atoms with Crippen molar-refractivity contribution in [2.24, 2.45) is 21.1 Å². The number of aromatic nitrogens is 16. The van der Waals surface area contributed by atoms with Gasteiger partial charge in [-0.25, -0.2) is 15.0 Å². The van der Waals surface area contributed by atoms with E-state index in [1.54, 1.807) is 34.8 Å². The molecule has 0 aliphatic carbocycles. The third-order valence-electron chi connectivity index (χ3n) is 15.4. The van der Waals surface area contributed by atoms with Crippen molar-refractivity contribution in [1.82, 2.24) is 83.5 Å². The molecule has 11 aromatic rings. The van der Waals surface area contributed by atoms with Gasteiger partial charge < -0.3 is 41.5 Å². The van der Waals surface area contributed by atoms with Gasteiger partial charge in [0.15, 0.2) is 39.8 Å². The van der Waals surface area contributed by atoms with E-state index in [1.807, 2.05) is 72.8 Å². The number of rotatable bonds is 11. The van der Waals surface area contributed by atoms with Crippen LogP contribution in [-0.2, 0) is 65.5 Å². The fourth-order valence-electron chi connectivity index (χ4n) is 10.7. The second kappa shape index (κ2) is 27.3. The number of aromatic amines is 1. The minimum Gasteiger partial charge on any atom is -0.373 e. The van der Waals surface area contributed by atoms with Crippen LogP contribution in [0, 0.1) is 0 Å². The molecule has 4 aliphatic heterocycles. The molecule has 0 spiro atoms. The maximum absolute atomic E-state index is 12.8. The molecule has 0 saturated carbocycles. The maximum Gasteiger partial charge on any atom is 0.281 e. The van der Waals surface area contributed by atoms with Gasteiger partial charge in [-0.1, -0.05) is 86.7 Å². The molecule has 1 N–H and O–H groups in total. The number of imide groups is 1. The van der Waals surface area contributed by atoms with Crippen LogP contribution in [0.25, 0.3) is 22.3 Å². The first-order valence-electron chi connectivity index (χ1n) is 28.1. The summed E-state index contributed by atoms with van der Waals surface area (Å²) < 4.78 is 39.4. The average Bonchev–Trinajstić information content (AvgIpc) is 1.84. The molecule has 3 aromatic carbocycles. The van der Waals surface area contributed by atoms with Crippen LogP contribution < -0.4 is 11.1 Å². The number of aryl methyl sites for hydroxylation is 3. The molecule has 27 nitrogen and oxygen atoms in total. The zero-order valence-corrected chi connectivity index (χ0v) is 52.7. The standard InChI is InChI=1S/C20H18ClN5O4.C19H16Cl2N6O3.C13H12Cl2N2O2.C6H5ClN4O/c1-25-10-22-14-7-17(27)26(20(28)18(14)25)8-16-23-19(24-30-16)12-6-15(29-9-12)11-2-4-13(21)5-3-11;1-26-9-22-17-15(26)18(28)27(19(21)24-17)7-14-23-16(25-30-14)11-6-13(29-8-11)10-2-4-12(20)5-3-10;14-6-12-16-13(17-19-12)9-5-11(18-7-9)8-1-3-10(15)4-2-8;1-11-2-8-4-3(11)5(12)10-6(7)9-4/h2-5,10,12,15H,6-9H2,1H3;2-5,9,11,13H,6-8H2,1H3;1-4,9,11H,5-7H2;2H,1H3,(H,9,10,12)/t12-,15+;11-,13+;9-,11+;/m000./s1. The van der Waals surface area contributed by atoms with Crippen molar-refractivity contribution in [3.63, 3.8) is 0 Å². The molecule has 15 rings (SSSR count). The number of imidazole rings is 3. The number of halogens is 6. The molecule has 2 amide bonds. The van der Waals surface area contributed by atoms with Crippen molar-refractivity contribution < 1.29 is 37.4 Å². The molecular weight excluding hydrogens is 1310 g/mol. The summed E-state index contributed by atoms with van der Waals surface area (Å²) in [7, 11) is 5.17. The predicted octanol–water partition coefficient (Wildman–Crippen LogP) is 9.56. The van der Waals surface area contributed by atoms with Gasteiger partial charge in [0.2, 0.25) is 34.1 Å². The lowest BCUT2D eigenvalue weighted by Crippen LogP contribution is -2.42. The summed E-state index contributed by atoms with van der Waals surface area (Å²) in [4.78, 5) is 85.8. The first-order chi connectivity index (χ1) is 43.9. The molecule has 0 unspecified atom stereocenters. The SMILES string of the molecule is ClCc1nc([C@@H]2CO[C@@H](c3ccc(Cl)cc3)C2)no1.Cn1cnc2c1C(=O)N(Cc1nc([C@@H]3CO[C@@H](c4ccc(Cl)cc4)C3)no1)C(=O)C2.Cn1cnc2nc(Cl)[nH]c(=O)c21.Cn1cnc2nc(Cl)n(Cc3nc([C@@H]4CO[C@@H](c5ccc(Cl)cc5)C4)no3)c(=O)c21. The Labute approximate surface area is 544 Å². The third kappa shape index (κ3) is 14.0. The number of nitrogens with one attached hydrogen (secondary N) is 1. The van der Waals surface area contributed by atoms with Gasteiger partial charge in [0, 0.05) is 54.0 Å². The fraction of sp³-hybridized carbons (Fsp3) is 0.328. The van der Waals surface area contributed by atoms with Crippen LogP contribution in [0.1, 0.15) is 123 Å². The van der Waals surface area contributed by atoms with E-state index in [-0.39, 0.29) is 101 Å². The monoisotopic (exact) mass is 1360 g/mol. The minimum absolute atomic E-state index is 0.00643. The van der Waals surface area contributed by atoms with Crippen LogP contribution in [0.5, 0.6) is 0 Å². The maximum atomic E-state index is 12.8. The Morgan fingerprint density at radius 1 is 0.527 bits per heavy atom. The van der Waals surface area contributed by atoms with Gasteiger partial charge in [0.1, 0.15) is 24.7 Å². The molecule has 3 saturated heterocycles. The van der Waals surface area contributed by atoms with Gasteiger partial charge >= 0.3 is 0 Å². The number of H-pyrrole nitrogens is 1. The number of nitrogens with zero attached hydrogens (tertiary/aromatic N) is 16. The summed E-state index contributed by atoms with van der Waals surface area (Å²) in [6, 6.07) is 22.8. The first kappa shape index (κ1) is 62.9. The number of hydrogen-bond acceptors (Lipinski definition) is 21. The second-order valence-electron chi connectivity index (χ2n) is 21.5. The lowest BCUT2D eigenvalue weighted by molar-refractivity contribution is -0.129. The van der Waals surface area contributed by atoms with E-state index >= 15 is 0 Å². The highest BCUT2D eigenvalue weighted by atomic mass is 35.5. The van der Waals surface area contributed by atoms with Crippen molar-refractivity contribution >= 4 is 104 Å². The predicted molar refractivity (Wildman–Crippen MR) is 328 cm³/mol. The molecule has 33 heteroatoms. The first-order valence-corrected chi connectivity index (χ1v) is 30.5. The average molecular weight is 1360 g/mol. The van der Waals surface area contributed by atoms with E-state index in [1.165, 1.54) is 23.5 Å². The van der Waals surface area contributed by atoms with Crippen molar-refractivity contribution in [1.29, 1.82) is 0 Å². The van der Waals surface area contributed by atoms with Crippen LogP contribution in [0.3, 0.4) is 0 Å². The molecule has 0 radical (unpaired) electrons. The number of benzene rings is 3. The third-order valence-corrected chi connectivity index (χ3v) is 16.8. The Kier molecular flexibility index (Phi) is 18.9. The number of alkyl halides is 1. The van der Waals surface area contributed by atoms with Gasteiger partial charge in [-0.2, -0.15) is 24.9 Å².